The summed E-state index contributed by atoms with van der Waals surface area (Å²) in [7, 11) is 0. The Balaban J connectivity index is 0.00000225. The molecule has 5 nitrogen and oxygen atoms in total. The Hall–Kier alpha value is -1.95. The molecule has 1 unspecified atom stereocenters. The van der Waals surface area contributed by atoms with Crippen LogP contribution in [0.5, 0.6) is 0 Å². The average molecular weight is 361 g/mol. The molecule has 1 aliphatic heterocycles. The van der Waals surface area contributed by atoms with E-state index in [1.807, 2.05) is 31.3 Å². The van der Waals surface area contributed by atoms with Gasteiger partial charge in [-0.25, -0.2) is 0 Å². The summed E-state index contributed by atoms with van der Waals surface area (Å²) in [5.74, 6) is 0.0273. The summed E-state index contributed by atoms with van der Waals surface area (Å²) in [6.07, 6.45) is 3.66. The van der Waals surface area contributed by atoms with Gasteiger partial charge in [-0.15, -0.1) is 12.4 Å². The van der Waals surface area contributed by atoms with Gasteiger partial charge in [0, 0.05) is 43.8 Å². The SMILES string of the molecule is Cc1cccc(NC(=O)CN2CCNCC2c2cccnc2)c1C.Cl. The van der Waals surface area contributed by atoms with E-state index in [1.165, 1.54) is 5.56 Å². The third kappa shape index (κ3) is 4.78. The number of pyridine rings is 1. The molecule has 2 aromatic rings. The first-order valence-corrected chi connectivity index (χ1v) is 8.36. The first-order chi connectivity index (χ1) is 11.6. The summed E-state index contributed by atoms with van der Waals surface area (Å²) >= 11 is 0. The van der Waals surface area contributed by atoms with E-state index in [-0.39, 0.29) is 24.4 Å². The van der Waals surface area contributed by atoms with Crippen LogP contribution in [0.15, 0.2) is 42.7 Å². The second-order valence-corrected chi connectivity index (χ2v) is 6.27. The number of piperazine rings is 1. The minimum absolute atomic E-state index is 0. The van der Waals surface area contributed by atoms with Gasteiger partial charge in [-0.1, -0.05) is 18.2 Å². The van der Waals surface area contributed by atoms with Crippen molar-refractivity contribution in [3.63, 3.8) is 0 Å². The highest BCUT2D eigenvalue weighted by Crippen LogP contribution is 2.22. The molecule has 2 N–H and O–H groups in total. The maximum absolute atomic E-state index is 12.5. The molecule has 0 radical (unpaired) electrons. The summed E-state index contributed by atoms with van der Waals surface area (Å²) < 4.78 is 0. The predicted octanol–water partition coefficient (Wildman–Crippen LogP) is 2.71. The summed E-state index contributed by atoms with van der Waals surface area (Å²) in [6.45, 7) is 7.05. The molecule has 1 aromatic heterocycles. The first-order valence-electron chi connectivity index (χ1n) is 8.36. The minimum Gasteiger partial charge on any atom is -0.325 e. The number of nitrogens with one attached hydrogen (secondary N) is 2. The molecular weight excluding hydrogens is 336 g/mol. The number of carbonyl (C=O) groups excluding carboxylic acids is 1. The van der Waals surface area contributed by atoms with Crippen LogP contribution in [-0.2, 0) is 4.79 Å². The molecule has 1 fully saturated rings. The minimum atomic E-state index is 0. The zero-order chi connectivity index (χ0) is 16.9. The number of hydrogen-bond acceptors (Lipinski definition) is 4. The highest BCUT2D eigenvalue weighted by atomic mass is 35.5. The molecular formula is C19H25ClN4O. The van der Waals surface area contributed by atoms with Crippen molar-refractivity contribution in [2.24, 2.45) is 0 Å². The van der Waals surface area contributed by atoms with Crippen LogP contribution in [0.3, 0.4) is 0 Å². The number of carbonyl (C=O) groups is 1. The lowest BCUT2D eigenvalue weighted by atomic mass is 10.1. The van der Waals surface area contributed by atoms with E-state index in [9.17, 15) is 4.79 Å². The monoisotopic (exact) mass is 360 g/mol. The van der Waals surface area contributed by atoms with Crippen molar-refractivity contribution in [2.45, 2.75) is 19.9 Å². The molecule has 1 aromatic carbocycles. The van der Waals surface area contributed by atoms with Gasteiger partial charge in [0.15, 0.2) is 0 Å². The van der Waals surface area contributed by atoms with Crippen LogP contribution in [-0.4, -0.2) is 42.0 Å². The normalized spacial score (nSPS) is 17.6. The zero-order valence-electron chi connectivity index (χ0n) is 14.7. The van der Waals surface area contributed by atoms with Gasteiger partial charge in [-0.3, -0.25) is 14.7 Å². The number of halogens is 1. The van der Waals surface area contributed by atoms with Crippen molar-refractivity contribution in [3.05, 3.63) is 59.4 Å². The summed E-state index contributed by atoms with van der Waals surface area (Å²) in [5, 5.41) is 6.46. The molecule has 0 bridgehead atoms. The Morgan fingerprint density at radius 3 is 2.92 bits per heavy atom. The van der Waals surface area contributed by atoms with Crippen LogP contribution >= 0.6 is 12.4 Å². The van der Waals surface area contributed by atoms with E-state index in [1.54, 1.807) is 6.20 Å². The summed E-state index contributed by atoms with van der Waals surface area (Å²) in [5.41, 5.74) is 4.34. The number of rotatable bonds is 4. The van der Waals surface area contributed by atoms with Gasteiger partial charge in [-0.2, -0.15) is 0 Å². The van der Waals surface area contributed by atoms with Crippen LogP contribution in [0.1, 0.15) is 22.7 Å². The van der Waals surface area contributed by atoms with Gasteiger partial charge >= 0.3 is 0 Å². The Morgan fingerprint density at radius 1 is 1.32 bits per heavy atom. The number of hydrogen-bond donors (Lipinski definition) is 2. The molecule has 25 heavy (non-hydrogen) atoms. The highest BCUT2D eigenvalue weighted by Gasteiger charge is 2.25. The number of benzene rings is 1. The van der Waals surface area contributed by atoms with Gasteiger partial charge in [0.05, 0.1) is 6.54 Å². The largest absolute Gasteiger partial charge is 0.325 e. The lowest BCUT2D eigenvalue weighted by Crippen LogP contribution is -2.48. The van der Waals surface area contributed by atoms with Gasteiger partial charge in [-0.05, 0) is 42.7 Å². The number of aromatic nitrogens is 1. The van der Waals surface area contributed by atoms with Gasteiger partial charge < -0.3 is 10.6 Å². The molecule has 0 spiro atoms. The summed E-state index contributed by atoms with van der Waals surface area (Å²) in [6, 6.07) is 10.2. The Bertz CT molecular complexity index is 708. The predicted molar refractivity (Wildman–Crippen MR) is 103 cm³/mol. The molecule has 6 heteroatoms. The Kier molecular flexibility index (Phi) is 6.93. The van der Waals surface area contributed by atoms with Crippen molar-refractivity contribution in [2.75, 3.05) is 31.5 Å². The number of amides is 1. The van der Waals surface area contributed by atoms with Crippen molar-refractivity contribution in [1.82, 2.24) is 15.2 Å². The number of nitrogens with zero attached hydrogens (tertiary/aromatic N) is 2. The fourth-order valence-electron chi connectivity index (χ4n) is 3.10. The lowest BCUT2D eigenvalue weighted by Gasteiger charge is -2.35. The zero-order valence-corrected chi connectivity index (χ0v) is 15.5. The molecule has 0 saturated carbocycles. The van der Waals surface area contributed by atoms with E-state index in [2.05, 4.69) is 39.6 Å². The van der Waals surface area contributed by atoms with Crippen molar-refractivity contribution < 1.29 is 4.79 Å². The molecule has 3 rings (SSSR count). The molecule has 1 amide bonds. The lowest BCUT2D eigenvalue weighted by molar-refractivity contribution is -0.118. The molecule has 2 heterocycles. The van der Waals surface area contributed by atoms with E-state index in [0.29, 0.717) is 6.54 Å². The van der Waals surface area contributed by atoms with Gasteiger partial charge in [0.25, 0.3) is 0 Å². The molecule has 134 valence electrons. The van der Waals surface area contributed by atoms with Gasteiger partial charge in [0.2, 0.25) is 5.91 Å². The van der Waals surface area contributed by atoms with E-state index < -0.39 is 0 Å². The average Bonchev–Trinajstić information content (AvgIpc) is 2.60. The van der Waals surface area contributed by atoms with Crippen molar-refractivity contribution in [3.8, 4) is 0 Å². The number of anilines is 1. The first kappa shape index (κ1) is 19.4. The molecule has 0 aliphatic carbocycles. The van der Waals surface area contributed by atoms with Gasteiger partial charge in [0.1, 0.15) is 0 Å². The second-order valence-electron chi connectivity index (χ2n) is 6.27. The molecule has 1 aliphatic rings. The van der Waals surface area contributed by atoms with Crippen molar-refractivity contribution in [1.29, 1.82) is 0 Å². The Morgan fingerprint density at radius 2 is 2.16 bits per heavy atom. The third-order valence-electron chi connectivity index (χ3n) is 4.65. The second kappa shape index (κ2) is 8.94. The Labute approximate surface area is 155 Å². The van der Waals surface area contributed by atoms with E-state index in [4.69, 9.17) is 0 Å². The quantitative estimate of drug-likeness (QED) is 0.880. The van der Waals surface area contributed by atoms with Crippen LogP contribution in [0.2, 0.25) is 0 Å². The fraction of sp³-hybridized carbons (Fsp3) is 0.368. The fourth-order valence-corrected chi connectivity index (χ4v) is 3.10. The highest BCUT2D eigenvalue weighted by molar-refractivity contribution is 5.93. The maximum Gasteiger partial charge on any atom is 0.238 e. The maximum atomic E-state index is 12.5. The van der Waals surface area contributed by atoms with Crippen LogP contribution in [0.25, 0.3) is 0 Å². The van der Waals surface area contributed by atoms with Crippen LogP contribution < -0.4 is 10.6 Å². The summed E-state index contributed by atoms with van der Waals surface area (Å²) in [4.78, 5) is 19.0. The topological polar surface area (TPSA) is 57.3 Å². The van der Waals surface area contributed by atoms with Crippen LogP contribution in [0, 0.1) is 13.8 Å². The van der Waals surface area contributed by atoms with E-state index in [0.717, 1.165) is 36.4 Å². The molecule has 1 atom stereocenters. The van der Waals surface area contributed by atoms with E-state index >= 15 is 0 Å². The smallest absolute Gasteiger partial charge is 0.238 e. The third-order valence-corrected chi connectivity index (χ3v) is 4.65. The standard InChI is InChI=1S/C19H24N4O.ClH/c1-14-5-3-7-17(15(14)2)22-19(24)13-23-10-9-21-12-18(23)16-6-4-8-20-11-16;/h3-8,11,18,21H,9-10,12-13H2,1-2H3,(H,22,24);1H. The van der Waals surface area contributed by atoms with Crippen LogP contribution in [0.4, 0.5) is 5.69 Å². The molecule has 1 saturated heterocycles. The number of aryl methyl sites for hydroxylation is 1. The van der Waals surface area contributed by atoms with Crippen molar-refractivity contribution >= 4 is 24.0 Å².